The third-order valence-electron chi connectivity index (χ3n) is 18.3. The standard InChI is InChI=1S/2C11H16Br.Fe/c2*12-10-6-2-1-3-7-11-8-4-5-9-11;/h2*4-5,8-9H,1-3,6-7,10H2;. The van der Waals surface area contributed by atoms with Gasteiger partial charge in [0.25, 0.3) is 0 Å². The van der Waals surface area contributed by atoms with Gasteiger partial charge in [-0.15, -0.1) is 0 Å². The molecule has 10 saturated heterocycles. The van der Waals surface area contributed by atoms with E-state index in [0.29, 0.717) is 0 Å². The molecule has 0 N–H and O–H groups in total. The summed E-state index contributed by atoms with van der Waals surface area (Å²) in [7, 11) is 0. The predicted octanol–water partition coefficient (Wildman–Crippen LogP) is 8.81. The van der Waals surface area contributed by atoms with Crippen molar-refractivity contribution in [2.24, 2.45) is 0 Å². The van der Waals surface area contributed by atoms with Crippen LogP contribution < -0.4 is 0 Å². The van der Waals surface area contributed by atoms with E-state index in [1.165, 1.54) is 83.5 Å². The second kappa shape index (κ2) is 1.71. The van der Waals surface area contributed by atoms with Gasteiger partial charge in [0.1, 0.15) is 0 Å². The van der Waals surface area contributed by atoms with Gasteiger partial charge in [-0.3, -0.25) is 0 Å². The Labute approximate surface area is 159 Å². The van der Waals surface area contributed by atoms with Gasteiger partial charge in [-0.1, -0.05) is 0 Å². The number of unbranched alkanes of at least 4 members (excludes halogenated alkanes) is 6. The fraction of sp³-hybridized carbons (Fsp3) is 1.00. The Morgan fingerprint density at radius 2 is 0.880 bits per heavy atom. The molecule has 0 aromatic rings. The average molecular weight is 512 g/mol. The number of rotatable bonds is 12. The third-order valence-corrected chi connectivity index (χ3v) is 63.6. The zero-order valence-electron chi connectivity index (χ0n) is 15.2. The van der Waals surface area contributed by atoms with Crippen LogP contribution in [0.1, 0.15) is 64.2 Å². The van der Waals surface area contributed by atoms with Crippen molar-refractivity contribution in [3.8, 4) is 0 Å². The fourth-order valence-electron chi connectivity index (χ4n) is 20.5. The second-order valence-corrected chi connectivity index (χ2v) is 38.8. The molecule has 0 nitrogen and oxygen atoms in total. The van der Waals surface area contributed by atoms with E-state index < -0.39 is 6.51 Å². The summed E-state index contributed by atoms with van der Waals surface area (Å²) in [6.45, 7) is -2.97. The zero-order chi connectivity index (χ0) is 16.4. The summed E-state index contributed by atoms with van der Waals surface area (Å²) in [6.07, 6.45) is 15.7. The van der Waals surface area contributed by atoms with E-state index in [0.717, 1.165) is 0 Å². The summed E-state index contributed by atoms with van der Waals surface area (Å²) in [4.78, 5) is 12.1. The molecule has 142 valence electrons. The van der Waals surface area contributed by atoms with Crippen molar-refractivity contribution in [3.05, 3.63) is 0 Å². The van der Waals surface area contributed by atoms with Gasteiger partial charge in [0.15, 0.2) is 0 Å². The molecule has 1 spiro atoms. The minimum atomic E-state index is -2.97. The van der Waals surface area contributed by atoms with Crippen molar-refractivity contribution < 1.29 is 6.51 Å². The molecule has 8 unspecified atom stereocenters. The van der Waals surface area contributed by atoms with E-state index in [1.54, 1.807) is 38.5 Å². The molecular formula is C22H32Br2Fe. The molecule has 3 heteroatoms. The van der Waals surface area contributed by atoms with Gasteiger partial charge >= 0.3 is 160 Å². The van der Waals surface area contributed by atoms with Gasteiger partial charge in [-0.2, -0.15) is 0 Å². The van der Waals surface area contributed by atoms with Crippen molar-refractivity contribution in [2.45, 2.75) is 111 Å². The van der Waals surface area contributed by atoms with Crippen LogP contribution in [0.25, 0.3) is 0 Å². The summed E-state index contributed by atoms with van der Waals surface area (Å²) in [5, 5.41) is 2.45. The number of alkyl halides is 2. The molecule has 0 saturated carbocycles. The first-order valence-corrected chi connectivity index (χ1v) is 19.8. The van der Waals surface area contributed by atoms with E-state index in [2.05, 4.69) is 31.9 Å². The molecule has 0 aromatic carbocycles. The van der Waals surface area contributed by atoms with Crippen LogP contribution in [0.3, 0.4) is 0 Å². The van der Waals surface area contributed by atoms with Gasteiger partial charge in [0.05, 0.1) is 0 Å². The molecule has 8 atom stereocenters. The molecule has 10 fully saturated rings. The predicted molar refractivity (Wildman–Crippen MR) is 109 cm³/mol. The van der Waals surface area contributed by atoms with Crippen molar-refractivity contribution in [1.82, 2.24) is 0 Å². The van der Waals surface area contributed by atoms with Crippen molar-refractivity contribution in [2.75, 3.05) is 10.7 Å². The molecular weight excluding hydrogens is 480 g/mol. The Morgan fingerprint density at radius 1 is 0.520 bits per heavy atom. The molecule has 0 amide bonds. The maximum atomic E-state index is 3.62. The number of hydrogen-bond donors (Lipinski definition) is 0. The number of halogens is 2. The van der Waals surface area contributed by atoms with Crippen LogP contribution >= 0.6 is 31.9 Å². The van der Waals surface area contributed by atoms with E-state index in [1.807, 2.05) is 0 Å². The molecule has 10 aliphatic rings. The maximum absolute atomic E-state index is 3.62. The quantitative estimate of drug-likeness (QED) is 0.139. The van der Waals surface area contributed by atoms with Gasteiger partial charge in [-0.25, -0.2) is 0 Å². The number of hydrogen-bond acceptors (Lipinski definition) is 0. The Hall–Kier alpha value is 1.48. The second-order valence-electron chi connectivity index (χ2n) is 13.8. The molecule has 0 radical (unpaired) electrons. The summed E-state index contributed by atoms with van der Waals surface area (Å²) >= 11 is 7.24. The average Bonchev–Trinajstić information content (AvgIpc) is 3.56. The molecule has 0 aromatic heterocycles. The third kappa shape index (κ3) is 0.237. The molecule has 10 heterocycles. The van der Waals surface area contributed by atoms with Crippen molar-refractivity contribution in [3.63, 3.8) is 0 Å². The van der Waals surface area contributed by atoms with Crippen molar-refractivity contribution in [1.29, 1.82) is 0 Å². The van der Waals surface area contributed by atoms with E-state index in [4.69, 9.17) is 0 Å². The monoisotopic (exact) mass is 510 g/mol. The minimum absolute atomic E-state index is 1.18. The first-order valence-electron chi connectivity index (χ1n) is 11.4. The molecule has 10 rings (SSSR count). The van der Waals surface area contributed by atoms with E-state index in [9.17, 15) is 0 Å². The zero-order valence-corrected chi connectivity index (χ0v) is 19.5. The first kappa shape index (κ1) is 13.7. The summed E-state index contributed by atoms with van der Waals surface area (Å²) in [5.41, 5.74) is 0. The Bertz CT molecular complexity index is 1010. The molecule has 0 aliphatic carbocycles. The topological polar surface area (TPSA) is 0 Å². The van der Waals surface area contributed by atoms with Gasteiger partial charge < -0.3 is 0 Å². The Kier molecular flexibility index (Phi) is 0.934. The Morgan fingerprint density at radius 3 is 1.20 bits per heavy atom. The van der Waals surface area contributed by atoms with E-state index in [-0.39, 0.29) is 0 Å². The van der Waals surface area contributed by atoms with Crippen LogP contribution in [0.15, 0.2) is 0 Å². The van der Waals surface area contributed by atoms with Gasteiger partial charge in [0, 0.05) is 0 Å². The summed E-state index contributed by atoms with van der Waals surface area (Å²) in [5.74, 6) is 0. The summed E-state index contributed by atoms with van der Waals surface area (Å²) in [6, 6.07) is 0. The number of fused-ring (bicyclic) bond motifs is 10. The van der Waals surface area contributed by atoms with Gasteiger partial charge in [-0.05, 0) is 0 Å². The van der Waals surface area contributed by atoms with Crippen LogP contribution in [0.2, 0.25) is 47.2 Å². The molecule has 0 bridgehead atoms. The Balaban J connectivity index is 1.01. The van der Waals surface area contributed by atoms with Crippen molar-refractivity contribution >= 4 is 31.9 Å². The van der Waals surface area contributed by atoms with Crippen LogP contribution in [0.4, 0.5) is 0 Å². The SMILES string of the molecule is BrCCCCCC[C]12[CH]3[CH]4[CH]5[CH]1[Fe]45321678[CH]2[CH]1[CH]6[C]7(CCCCCCBr)[CH]28. The van der Waals surface area contributed by atoms with E-state index >= 15 is 0 Å². The fourth-order valence-corrected chi connectivity index (χ4v) is 99.8. The molecule has 10 aliphatic heterocycles. The normalized spacial score (nSPS) is 87.9. The van der Waals surface area contributed by atoms with Crippen LogP contribution in [-0.2, 0) is 6.51 Å². The van der Waals surface area contributed by atoms with Crippen LogP contribution in [0, 0.1) is 0 Å². The first-order chi connectivity index (χ1) is 12.1. The molecule has 25 heavy (non-hydrogen) atoms. The van der Waals surface area contributed by atoms with Gasteiger partial charge in [0.2, 0.25) is 0 Å². The van der Waals surface area contributed by atoms with Crippen LogP contribution in [0.5, 0.6) is 0 Å². The summed E-state index contributed by atoms with van der Waals surface area (Å²) < 4.78 is 2.36. The van der Waals surface area contributed by atoms with Crippen LogP contribution in [-0.4, -0.2) is 10.7 Å².